The molecule has 9 heteroatoms. The number of nitrogens with one attached hydrogen (secondary N) is 1. The lowest BCUT2D eigenvalue weighted by atomic mass is 9.96. The molecule has 32 heavy (non-hydrogen) atoms. The number of amides is 2. The van der Waals surface area contributed by atoms with Gasteiger partial charge in [0.25, 0.3) is 0 Å². The number of nitrogens with zero attached hydrogens (tertiary/aromatic N) is 6. The molecule has 0 spiro atoms. The highest BCUT2D eigenvalue weighted by Crippen LogP contribution is 2.47. The SMILES string of the molecule is Bc1cccc(-n2cnc(C3(Nc4nccc(N5C(=O)N(C)C[C@@H]5C(C)C)n4)CC3)c2)c1. The predicted molar refractivity (Wildman–Crippen MR) is 127 cm³/mol. The van der Waals surface area contributed by atoms with Crippen molar-refractivity contribution in [2.24, 2.45) is 5.92 Å². The topological polar surface area (TPSA) is 79.2 Å². The van der Waals surface area contributed by atoms with Gasteiger partial charge in [0.15, 0.2) is 0 Å². The molecule has 1 aliphatic heterocycles. The van der Waals surface area contributed by atoms with Gasteiger partial charge in [-0.25, -0.2) is 14.8 Å². The number of anilines is 2. The molecule has 1 atom stereocenters. The summed E-state index contributed by atoms with van der Waals surface area (Å²) in [5.74, 6) is 1.49. The summed E-state index contributed by atoms with van der Waals surface area (Å²) in [4.78, 5) is 30.2. The van der Waals surface area contributed by atoms with Gasteiger partial charge in [-0.2, -0.15) is 4.98 Å². The summed E-state index contributed by atoms with van der Waals surface area (Å²) < 4.78 is 2.05. The van der Waals surface area contributed by atoms with E-state index >= 15 is 0 Å². The number of urea groups is 1. The van der Waals surface area contributed by atoms with E-state index in [9.17, 15) is 4.79 Å². The van der Waals surface area contributed by atoms with Crippen molar-refractivity contribution in [3.63, 3.8) is 0 Å². The van der Waals surface area contributed by atoms with E-state index in [0.29, 0.717) is 24.2 Å². The van der Waals surface area contributed by atoms with Crippen LogP contribution in [0.3, 0.4) is 0 Å². The highest BCUT2D eigenvalue weighted by molar-refractivity contribution is 6.32. The van der Waals surface area contributed by atoms with Gasteiger partial charge in [-0.1, -0.05) is 31.4 Å². The molecule has 5 rings (SSSR count). The summed E-state index contributed by atoms with van der Waals surface area (Å²) in [6.07, 6.45) is 7.58. The molecule has 2 aromatic heterocycles. The summed E-state index contributed by atoms with van der Waals surface area (Å²) in [5.41, 5.74) is 3.01. The van der Waals surface area contributed by atoms with Crippen LogP contribution >= 0.6 is 0 Å². The van der Waals surface area contributed by atoms with Gasteiger partial charge in [-0.15, -0.1) is 0 Å². The van der Waals surface area contributed by atoms with E-state index in [0.717, 1.165) is 24.2 Å². The molecule has 0 radical (unpaired) electrons. The van der Waals surface area contributed by atoms with Crippen molar-refractivity contribution in [3.05, 3.63) is 54.7 Å². The second-order valence-corrected chi connectivity index (χ2v) is 9.30. The first-order chi connectivity index (χ1) is 15.4. The maximum absolute atomic E-state index is 12.8. The fourth-order valence-electron chi connectivity index (χ4n) is 4.37. The molecule has 1 N–H and O–H groups in total. The van der Waals surface area contributed by atoms with E-state index in [4.69, 9.17) is 4.98 Å². The number of rotatable bonds is 6. The number of benzene rings is 1. The van der Waals surface area contributed by atoms with Crippen molar-refractivity contribution in [2.45, 2.75) is 38.3 Å². The average molecular weight is 429 g/mol. The second kappa shape index (κ2) is 7.65. The summed E-state index contributed by atoms with van der Waals surface area (Å²) in [6.45, 7) is 4.96. The molecule has 1 saturated carbocycles. The molecule has 8 nitrogen and oxygen atoms in total. The van der Waals surface area contributed by atoms with Crippen LogP contribution in [0.1, 0.15) is 32.4 Å². The fourth-order valence-corrected chi connectivity index (χ4v) is 4.37. The Hall–Kier alpha value is -3.36. The van der Waals surface area contributed by atoms with Crippen LogP contribution in [0.5, 0.6) is 0 Å². The first-order valence-corrected chi connectivity index (χ1v) is 11.1. The number of likely N-dealkylation sites (N-methyl/N-ethyl adjacent to an activating group) is 1. The highest BCUT2D eigenvalue weighted by atomic mass is 16.2. The minimum Gasteiger partial charge on any atom is -0.343 e. The van der Waals surface area contributed by atoms with Crippen molar-refractivity contribution >= 4 is 31.1 Å². The number of hydrogen-bond donors (Lipinski definition) is 1. The van der Waals surface area contributed by atoms with E-state index in [1.54, 1.807) is 16.0 Å². The van der Waals surface area contributed by atoms with Gasteiger partial charge in [0.05, 0.1) is 23.6 Å². The molecule has 3 aromatic rings. The number of carbonyl (C=O) groups excluding carboxylic acids is 1. The molecular formula is C23H28BN7O. The Kier molecular flexibility index (Phi) is 4.91. The van der Waals surface area contributed by atoms with E-state index in [-0.39, 0.29) is 17.6 Å². The van der Waals surface area contributed by atoms with Crippen LogP contribution in [0.25, 0.3) is 5.69 Å². The van der Waals surface area contributed by atoms with Gasteiger partial charge < -0.3 is 14.8 Å². The lowest BCUT2D eigenvalue weighted by Crippen LogP contribution is -2.38. The zero-order valence-electron chi connectivity index (χ0n) is 19.0. The minimum absolute atomic E-state index is 0.0219. The molecule has 1 aliphatic carbocycles. The first kappa shape index (κ1) is 20.5. The predicted octanol–water partition coefficient (Wildman–Crippen LogP) is 1.92. The molecule has 3 heterocycles. The molecule has 0 bridgehead atoms. The summed E-state index contributed by atoms with van der Waals surface area (Å²) >= 11 is 0. The normalized spacial score (nSPS) is 19.6. The zero-order chi connectivity index (χ0) is 22.5. The van der Waals surface area contributed by atoms with Crippen molar-refractivity contribution in [3.8, 4) is 5.69 Å². The van der Waals surface area contributed by atoms with Crippen LogP contribution < -0.4 is 15.7 Å². The Morgan fingerprint density at radius 3 is 2.75 bits per heavy atom. The van der Waals surface area contributed by atoms with Crippen LogP contribution in [0, 0.1) is 5.92 Å². The van der Waals surface area contributed by atoms with Gasteiger partial charge in [-0.05, 0) is 37.0 Å². The third-order valence-electron chi connectivity index (χ3n) is 6.46. The smallest absolute Gasteiger partial charge is 0.325 e. The van der Waals surface area contributed by atoms with Crippen molar-refractivity contribution in [2.75, 3.05) is 23.8 Å². The summed E-state index contributed by atoms with van der Waals surface area (Å²) in [6, 6.07) is 10.2. The number of aromatic nitrogens is 4. The van der Waals surface area contributed by atoms with Gasteiger partial charge >= 0.3 is 6.03 Å². The Bertz CT molecular complexity index is 1160. The molecule has 2 fully saturated rings. The van der Waals surface area contributed by atoms with E-state index in [2.05, 4.69) is 67.4 Å². The molecule has 0 unspecified atom stereocenters. The van der Waals surface area contributed by atoms with E-state index in [1.165, 1.54) is 5.46 Å². The largest absolute Gasteiger partial charge is 0.343 e. The molecule has 1 saturated heterocycles. The maximum Gasteiger partial charge on any atom is 0.325 e. The Morgan fingerprint density at radius 2 is 2.03 bits per heavy atom. The zero-order valence-corrected chi connectivity index (χ0v) is 19.0. The number of imidazole rings is 1. The number of hydrogen-bond acceptors (Lipinski definition) is 5. The van der Waals surface area contributed by atoms with Crippen LogP contribution in [0.15, 0.2) is 49.1 Å². The van der Waals surface area contributed by atoms with Crippen molar-refractivity contribution in [1.82, 2.24) is 24.4 Å². The molecule has 2 amide bonds. The quantitative estimate of drug-likeness (QED) is 0.606. The molecule has 1 aromatic carbocycles. The monoisotopic (exact) mass is 429 g/mol. The van der Waals surface area contributed by atoms with Gasteiger partial charge in [0.2, 0.25) is 5.95 Å². The molecule has 164 valence electrons. The second-order valence-electron chi connectivity index (χ2n) is 9.30. The van der Waals surface area contributed by atoms with E-state index < -0.39 is 0 Å². The van der Waals surface area contributed by atoms with Crippen LogP contribution in [-0.4, -0.2) is 57.9 Å². The van der Waals surface area contributed by atoms with Gasteiger partial charge in [-0.3, -0.25) is 4.90 Å². The standard InChI is InChI=1S/C23H28BN7O/c1-15(2)18-12-29(3)22(32)31(18)20-7-10-25-21(27-20)28-23(8-9-23)19-13-30(14-26-19)17-6-4-5-16(24)11-17/h4-7,10-11,13-15,18H,8-9,12,24H2,1-3H3,(H,25,27,28)/t18-/m1/s1. The third-order valence-corrected chi connectivity index (χ3v) is 6.46. The third kappa shape index (κ3) is 3.61. The minimum atomic E-state index is -0.267. The van der Waals surface area contributed by atoms with Crippen LogP contribution in [0.2, 0.25) is 0 Å². The molecule has 2 aliphatic rings. The van der Waals surface area contributed by atoms with Crippen LogP contribution in [0.4, 0.5) is 16.6 Å². The molecular weight excluding hydrogens is 401 g/mol. The van der Waals surface area contributed by atoms with Crippen molar-refractivity contribution in [1.29, 1.82) is 0 Å². The average Bonchev–Trinajstić information content (AvgIpc) is 3.24. The highest BCUT2D eigenvalue weighted by Gasteiger charge is 2.47. The fraction of sp³-hybridized carbons (Fsp3) is 0.391. The van der Waals surface area contributed by atoms with Crippen LogP contribution in [-0.2, 0) is 5.54 Å². The lowest BCUT2D eigenvalue weighted by molar-refractivity contribution is 0.229. The van der Waals surface area contributed by atoms with Gasteiger partial charge in [0, 0.05) is 31.7 Å². The van der Waals surface area contributed by atoms with Crippen molar-refractivity contribution < 1.29 is 4.79 Å². The Labute approximate surface area is 189 Å². The lowest BCUT2D eigenvalue weighted by Gasteiger charge is -2.25. The van der Waals surface area contributed by atoms with Gasteiger partial charge in [0.1, 0.15) is 13.7 Å². The Balaban J connectivity index is 1.39. The Morgan fingerprint density at radius 1 is 1.22 bits per heavy atom. The maximum atomic E-state index is 12.8. The summed E-state index contributed by atoms with van der Waals surface area (Å²) in [5, 5.41) is 3.51. The summed E-state index contributed by atoms with van der Waals surface area (Å²) in [7, 11) is 3.92. The van der Waals surface area contributed by atoms with E-state index in [1.807, 2.05) is 24.0 Å². The first-order valence-electron chi connectivity index (χ1n) is 11.1. The number of carbonyl (C=O) groups is 1.